The van der Waals surface area contributed by atoms with Crippen molar-refractivity contribution < 1.29 is 8.42 Å². The number of rotatable bonds is 3. The van der Waals surface area contributed by atoms with Gasteiger partial charge in [0.1, 0.15) is 4.90 Å². The zero-order chi connectivity index (χ0) is 13.2. The van der Waals surface area contributed by atoms with Gasteiger partial charge in [0, 0.05) is 17.4 Å². The van der Waals surface area contributed by atoms with Gasteiger partial charge < -0.3 is 5.73 Å². The number of halogens is 1. The van der Waals surface area contributed by atoms with E-state index in [1.165, 1.54) is 30.6 Å². The molecule has 6 nitrogen and oxygen atoms in total. The van der Waals surface area contributed by atoms with Crippen LogP contribution in [0.5, 0.6) is 0 Å². The monoisotopic (exact) mass is 284 g/mol. The third kappa shape index (κ3) is 2.69. The summed E-state index contributed by atoms with van der Waals surface area (Å²) in [5, 5.41) is 0.363. The van der Waals surface area contributed by atoms with Crippen LogP contribution in [0.4, 0.5) is 11.6 Å². The van der Waals surface area contributed by atoms with E-state index in [9.17, 15) is 8.42 Å². The van der Waals surface area contributed by atoms with Gasteiger partial charge in [-0.1, -0.05) is 11.6 Å². The van der Waals surface area contributed by atoms with Crippen LogP contribution < -0.4 is 10.5 Å². The van der Waals surface area contributed by atoms with E-state index in [0.717, 1.165) is 0 Å². The van der Waals surface area contributed by atoms with E-state index in [2.05, 4.69) is 14.7 Å². The molecule has 0 fully saturated rings. The third-order valence-corrected chi connectivity index (χ3v) is 3.69. The Morgan fingerprint density at radius 1 is 1.22 bits per heavy atom. The van der Waals surface area contributed by atoms with Gasteiger partial charge in [-0.05, 0) is 24.3 Å². The quantitative estimate of drug-likeness (QED) is 0.833. The number of nitrogens with zero attached hydrogens (tertiary/aromatic N) is 2. The minimum Gasteiger partial charge on any atom is -0.398 e. The molecular formula is C10H9ClN4O2S. The Kier molecular flexibility index (Phi) is 3.35. The number of anilines is 2. The van der Waals surface area contributed by atoms with Gasteiger partial charge in [-0.3, -0.25) is 0 Å². The summed E-state index contributed by atoms with van der Waals surface area (Å²) in [5.41, 5.74) is 5.68. The molecule has 0 aliphatic heterocycles. The smallest absolute Gasteiger partial charge is 0.266 e. The van der Waals surface area contributed by atoms with E-state index in [-0.39, 0.29) is 16.5 Å². The first-order chi connectivity index (χ1) is 8.49. The second-order valence-corrected chi connectivity index (χ2v) is 5.45. The number of nitrogens with two attached hydrogens (primary N) is 1. The van der Waals surface area contributed by atoms with Crippen LogP contribution in [-0.4, -0.2) is 18.4 Å². The van der Waals surface area contributed by atoms with Gasteiger partial charge in [-0.25, -0.2) is 23.1 Å². The maximum Gasteiger partial charge on any atom is 0.266 e. The largest absolute Gasteiger partial charge is 0.398 e. The highest BCUT2D eigenvalue weighted by atomic mass is 35.5. The van der Waals surface area contributed by atoms with E-state index in [4.69, 9.17) is 17.3 Å². The van der Waals surface area contributed by atoms with E-state index in [0.29, 0.717) is 5.02 Å². The second-order valence-electron chi connectivity index (χ2n) is 3.36. The molecule has 1 aromatic carbocycles. The van der Waals surface area contributed by atoms with Crippen molar-refractivity contribution in [1.29, 1.82) is 0 Å². The summed E-state index contributed by atoms with van der Waals surface area (Å²) < 4.78 is 26.3. The number of aromatic nitrogens is 2. The van der Waals surface area contributed by atoms with Crippen LogP contribution in [0, 0.1) is 0 Å². The predicted molar refractivity (Wildman–Crippen MR) is 68.7 cm³/mol. The molecule has 3 N–H and O–H groups in total. The number of nitrogens with one attached hydrogen (secondary N) is 1. The molecule has 0 bridgehead atoms. The minimum absolute atomic E-state index is 0.0214. The molecule has 0 saturated carbocycles. The van der Waals surface area contributed by atoms with Crippen LogP contribution >= 0.6 is 11.6 Å². The summed E-state index contributed by atoms with van der Waals surface area (Å²) in [6.07, 6.45) is 2.85. The highest BCUT2D eigenvalue weighted by Gasteiger charge is 2.18. The fraction of sp³-hybridized carbons (Fsp3) is 0. The van der Waals surface area contributed by atoms with E-state index < -0.39 is 10.0 Å². The molecular weight excluding hydrogens is 276 g/mol. The van der Waals surface area contributed by atoms with Gasteiger partial charge in [0.05, 0.1) is 5.69 Å². The first-order valence-electron chi connectivity index (χ1n) is 4.84. The maximum atomic E-state index is 12.0. The van der Waals surface area contributed by atoms with Gasteiger partial charge >= 0.3 is 0 Å². The minimum atomic E-state index is -3.82. The molecule has 18 heavy (non-hydrogen) atoms. The molecule has 2 rings (SSSR count). The molecule has 0 aliphatic rings. The molecule has 1 heterocycles. The number of hydrogen-bond donors (Lipinski definition) is 2. The van der Waals surface area contributed by atoms with Crippen molar-refractivity contribution in [3.8, 4) is 0 Å². The highest BCUT2D eigenvalue weighted by molar-refractivity contribution is 7.92. The van der Waals surface area contributed by atoms with Gasteiger partial charge in [0.15, 0.2) is 0 Å². The molecule has 0 saturated heterocycles. The Balaban J connectivity index is 2.37. The van der Waals surface area contributed by atoms with Crippen LogP contribution in [0.2, 0.25) is 5.02 Å². The standard InChI is InChI=1S/C10H9ClN4O2S/c11-7-2-3-9(8(12)6-7)18(16,17)15-10-13-4-1-5-14-10/h1-6H,12H2,(H,13,14,15). The lowest BCUT2D eigenvalue weighted by Crippen LogP contribution is -2.16. The normalized spacial score (nSPS) is 11.2. The summed E-state index contributed by atoms with van der Waals surface area (Å²) in [6.45, 7) is 0. The fourth-order valence-corrected chi connectivity index (χ4v) is 2.54. The molecule has 0 radical (unpaired) electrons. The molecule has 0 aliphatic carbocycles. The summed E-state index contributed by atoms with van der Waals surface area (Å²) in [4.78, 5) is 7.47. The summed E-state index contributed by atoms with van der Waals surface area (Å²) in [7, 11) is -3.82. The second kappa shape index (κ2) is 4.79. The first-order valence-corrected chi connectivity index (χ1v) is 6.70. The van der Waals surface area contributed by atoms with Crippen molar-refractivity contribution in [1.82, 2.24) is 9.97 Å². The summed E-state index contributed by atoms with van der Waals surface area (Å²) in [6, 6.07) is 5.71. The SMILES string of the molecule is Nc1cc(Cl)ccc1S(=O)(=O)Nc1ncccn1. The van der Waals surface area contributed by atoms with Crippen molar-refractivity contribution in [3.63, 3.8) is 0 Å². The van der Waals surface area contributed by atoms with Crippen molar-refractivity contribution in [2.75, 3.05) is 10.5 Å². The number of hydrogen-bond acceptors (Lipinski definition) is 5. The zero-order valence-electron chi connectivity index (χ0n) is 9.04. The molecule has 8 heteroatoms. The van der Waals surface area contributed by atoms with Crippen LogP contribution in [0.15, 0.2) is 41.6 Å². The van der Waals surface area contributed by atoms with Crippen molar-refractivity contribution in [2.24, 2.45) is 0 Å². The van der Waals surface area contributed by atoms with Gasteiger partial charge in [0.2, 0.25) is 5.95 Å². The van der Waals surface area contributed by atoms with Crippen molar-refractivity contribution in [2.45, 2.75) is 4.90 Å². The van der Waals surface area contributed by atoms with E-state index >= 15 is 0 Å². The average molecular weight is 285 g/mol. The molecule has 0 amide bonds. The molecule has 94 valence electrons. The van der Waals surface area contributed by atoms with Crippen molar-refractivity contribution in [3.05, 3.63) is 41.7 Å². The van der Waals surface area contributed by atoms with Gasteiger partial charge in [-0.15, -0.1) is 0 Å². The molecule has 0 atom stereocenters. The van der Waals surface area contributed by atoms with Gasteiger partial charge in [-0.2, -0.15) is 0 Å². The topological polar surface area (TPSA) is 98.0 Å². The van der Waals surface area contributed by atoms with Crippen LogP contribution in [0.25, 0.3) is 0 Å². The Labute approximate surface area is 109 Å². The number of sulfonamides is 1. The Hall–Kier alpha value is -1.86. The predicted octanol–water partition coefficient (Wildman–Crippen LogP) is 1.51. The average Bonchev–Trinajstić information content (AvgIpc) is 2.29. The first kappa shape index (κ1) is 12.6. The van der Waals surface area contributed by atoms with Crippen molar-refractivity contribution >= 4 is 33.3 Å². The number of nitrogen functional groups attached to an aromatic ring is 1. The fourth-order valence-electron chi connectivity index (χ4n) is 1.29. The Bertz CT molecular complexity index is 661. The Morgan fingerprint density at radius 3 is 2.50 bits per heavy atom. The van der Waals surface area contributed by atoms with E-state index in [1.54, 1.807) is 6.07 Å². The molecule has 0 spiro atoms. The third-order valence-electron chi connectivity index (χ3n) is 2.05. The lowest BCUT2D eigenvalue weighted by Gasteiger charge is -2.08. The number of benzene rings is 1. The lowest BCUT2D eigenvalue weighted by atomic mass is 10.3. The highest BCUT2D eigenvalue weighted by Crippen LogP contribution is 2.23. The summed E-state index contributed by atoms with van der Waals surface area (Å²) >= 11 is 5.71. The maximum absolute atomic E-state index is 12.0. The lowest BCUT2D eigenvalue weighted by molar-refractivity contribution is 0.601. The zero-order valence-corrected chi connectivity index (χ0v) is 10.6. The van der Waals surface area contributed by atoms with E-state index in [1.807, 2.05) is 0 Å². The Morgan fingerprint density at radius 2 is 1.89 bits per heavy atom. The van der Waals surface area contributed by atoms with Crippen LogP contribution in [-0.2, 0) is 10.0 Å². The van der Waals surface area contributed by atoms with Crippen LogP contribution in [0.3, 0.4) is 0 Å². The molecule has 2 aromatic rings. The van der Waals surface area contributed by atoms with Gasteiger partial charge in [0.25, 0.3) is 10.0 Å². The summed E-state index contributed by atoms with van der Waals surface area (Å²) in [5.74, 6) is -0.0214. The molecule has 1 aromatic heterocycles. The van der Waals surface area contributed by atoms with Crippen LogP contribution in [0.1, 0.15) is 0 Å². The molecule has 0 unspecified atom stereocenters.